The molecule has 0 radical (unpaired) electrons. The average molecular weight is 521 g/mol. The van der Waals surface area contributed by atoms with Crippen LogP contribution in [0.3, 0.4) is 0 Å². The second kappa shape index (κ2) is 12.4. The van der Waals surface area contributed by atoms with Crippen molar-refractivity contribution in [1.82, 2.24) is 10.2 Å². The van der Waals surface area contributed by atoms with E-state index in [4.69, 9.17) is 0 Å². The molecule has 7 heteroatoms. The Balaban J connectivity index is 1.64. The number of benzene rings is 2. The molecule has 1 atom stereocenters. The van der Waals surface area contributed by atoms with Crippen molar-refractivity contribution in [2.75, 3.05) is 5.75 Å². The standard InChI is InChI=1S/C25H30BrFN2O2S/c1-18(25(31)28-23-8-3-2-4-9-23)29(15-20-6-5-7-21(26)14-20)24(30)17-32-16-19-10-12-22(27)13-11-19/h5-7,10-14,18,23H,2-4,8-9,15-17H2,1H3,(H,28,31). The molecule has 4 nitrogen and oxygen atoms in total. The van der Waals surface area contributed by atoms with Crippen molar-refractivity contribution < 1.29 is 14.0 Å². The normalized spacial score (nSPS) is 15.2. The molecule has 32 heavy (non-hydrogen) atoms. The molecule has 1 saturated carbocycles. The first-order valence-corrected chi connectivity index (χ1v) is 13.0. The minimum atomic E-state index is -0.560. The lowest BCUT2D eigenvalue weighted by atomic mass is 9.95. The zero-order valence-electron chi connectivity index (χ0n) is 18.4. The largest absolute Gasteiger partial charge is 0.352 e. The van der Waals surface area contributed by atoms with E-state index < -0.39 is 6.04 Å². The molecule has 2 amide bonds. The molecule has 0 spiro atoms. The fourth-order valence-electron chi connectivity index (χ4n) is 3.90. The van der Waals surface area contributed by atoms with Crippen molar-refractivity contribution in [2.45, 2.75) is 63.4 Å². The van der Waals surface area contributed by atoms with Crippen molar-refractivity contribution in [3.05, 3.63) is 69.9 Å². The number of halogens is 2. The highest BCUT2D eigenvalue weighted by molar-refractivity contribution is 9.10. The predicted molar refractivity (Wildman–Crippen MR) is 132 cm³/mol. The molecule has 2 aromatic carbocycles. The van der Waals surface area contributed by atoms with Crippen LogP contribution in [0.1, 0.15) is 50.2 Å². The van der Waals surface area contributed by atoms with Gasteiger partial charge in [0, 0.05) is 22.8 Å². The number of amides is 2. The van der Waals surface area contributed by atoms with Gasteiger partial charge in [-0.15, -0.1) is 11.8 Å². The highest BCUT2D eigenvalue weighted by Crippen LogP contribution is 2.20. The Hall–Kier alpha value is -1.86. The van der Waals surface area contributed by atoms with Crippen molar-refractivity contribution >= 4 is 39.5 Å². The van der Waals surface area contributed by atoms with Crippen LogP contribution in [0.5, 0.6) is 0 Å². The van der Waals surface area contributed by atoms with E-state index in [1.54, 1.807) is 24.0 Å². The molecule has 0 saturated heterocycles. The maximum absolute atomic E-state index is 13.2. The van der Waals surface area contributed by atoms with E-state index in [9.17, 15) is 14.0 Å². The first-order chi connectivity index (χ1) is 15.4. The van der Waals surface area contributed by atoms with Crippen molar-refractivity contribution in [2.24, 2.45) is 0 Å². The third-order valence-electron chi connectivity index (χ3n) is 5.77. The summed E-state index contributed by atoms with van der Waals surface area (Å²) in [6, 6.07) is 13.7. The second-order valence-electron chi connectivity index (χ2n) is 8.29. The maximum atomic E-state index is 13.2. The molecule has 1 unspecified atom stereocenters. The van der Waals surface area contributed by atoms with E-state index in [1.165, 1.54) is 30.3 Å². The van der Waals surface area contributed by atoms with Crippen LogP contribution in [-0.2, 0) is 21.9 Å². The van der Waals surface area contributed by atoms with Gasteiger partial charge in [0.05, 0.1) is 5.75 Å². The predicted octanol–water partition coefficient (Wildman–Crippen LogP) is 5.69. The van der Waals surface area contributed by atoms with Crippen LogP contribution in [-0.4, -0.2) is 34.6 Å². The Morgan fingerprint density at radius 1 is 1.12 bits per heavy atom. The van der Waals surface area contributed by atoms with Gasteiger partial charge in [-0.1, -0.05) is 59.5 Å². The van der Waals surface area contributed by atoms with E-state index in [2.05, 4.69) is 21.2 Å². The van der Waals surface area contributed by atoms with E-state index in [0.29, 0.717) is 12.3 Å². The third-order valence-corrected chi connectivity index (χ3v) is 7.25. The Labute approximate surface area is 202 Å². The smallest absolute Gasteiger partial charge is 0.242 e. The highest BCUT2D eigenvalue weighted by atomic mass is 79.9. The van der Waals surface area contributed by atoms with Crippen LogP contribution in [0.4, 0.5) is 4.39 Å². The van der Waals surface area contributed by atoms with Gasteiger partial charge in [0.15, 0.2) is 0 Å². The minimum Gasteiger partial charge on any atom is -0.352 e. The first-order valence-electron chi connectivity index (χ1n) is 11.1. The zero-order chi connectivity index (χ0) is 22.9. The van der Waals surface area contributed by atoms with Gasteiger partial charge < -0.3 is 10.2 Å². The number of hydrogen-bond donors (Lipinski definition) is 1. The van der Waals surface area contributed by atoms with Gasteiger partial charge in [0.2, 0.25) is 11.8 Å². The molecule has 1 fully saturated rings. The molecular formula is C25H30BrFN2O2S. The monoisotopic (exact) mass is 520 g/mol. The first kappa shape index (κ1) is 24.8. The van der Waals surface area contributed by atoms with Crippen LogP contribution >= 0.6 is 27.7 Å². The molecule has 1 N–H and O–H groups in total. The average Bonchev–Trinajstić information content (AvgIpc) is 2.79. The van der Waals surface area contributed by atoms with Crippen molar-refractivity contribution in [3.8, 4) is 0 Å². The summed E-state index contributed by atoms with van der Waals surface area (Å²) in [5.41, 5.74) is 1.93. The summed E-state index contributed by atoms with van der Waals surface area (Å²) >= 11 is 4.95. The minimum absolute atomic E-state index is 0.0802. The van der Waals surface area contributed by atoms with E-state index in [1.807, 2.05) is 24.3 Å². The highest BCUT2D eigenvalue weighted by Gasteiger charge is 2.28. The fraction of sp³-hybridized carbons (Fsp3) is 0.440. The van der Waals surface area contributed by atoms with Gasteiger partial charge in [-0.25, -0.2) is 4.39 Å². The van der Waals surface area contributed by atoms with Gasteiger partial charge in [0.1, 0.15) is 11.9 Å². The second-order valence-corrected chi connectivity index (χ2v) is 10.2. The molecule has 1 aliphatic rings. The van der Waals surface area contributed by atoms with Crippen LogP contribution in [0.15, 0.2) is 53.0 Å². The molecule has 0 aliphatic heterocycles. The topological polar surface area (TPSA) is 49.4 Å². The van der Waals surface area contributed by atoms with E-state index in [-0.39, 0.29) is 29.4 Å². The Morgan fingerprint density at radius 2 is 1.84 bits per heavy atom. The summed E-state index contributed by atoms with van der Waals surface area (Å²) < 4.78 is 14.0. The van der Waals surface area contributed by atoms with Gasteiger partial charge in [-0.05, 0) is 55.2 Å². The Morgan fingerprint density at radius 3 is 2.53 bits per heavy atom. The third kappa shape index (κ3) is 7.62. The number of thioether (sulfide) groups is 1. The summed E-state index contributed by atoms with van der Waals surface area (Å²) in [5, 5.41) is 3.15. The van der Waals surface area contributed by atoms with Gasteiger partial charge in [0.25, 0.3) is 0 Å². The molecule has 3 rings (SSSR count). The Kier molecular flexibility index (Phi) is 9.60. The zero-order valence-corrected chi connectivity index (χ0v) is 20.8. The molecule has 2 aromatic rings. The van der Waals surface area contributed by atoms with E-state index in [0.717, 1.165) is 41.3 Å². The van der Waals surface area contributed by atoms with Crippen LogP contribution in [0, 0.1) is 5.82 Å². The lowest BCUT2D eigenvalue weighted by molar-refractivity contribution is -0.139. The molecule has 0 heterocycles. The fourth-order valence-corrected chi connectivity index (χ4v) is 5.22. The summed E-state index contributed by atoms with van der Waals surface area (Å²) in [6.07, 6.45) is 5.51. The van der Waals surface area contributed by atoms with Gasteiger partial charge in [-0.2, -0.15) is 0 Å². The number of nitrogens with zero attached hydrogens (tertiary/aromatic N) is 1. The van der Waals surface area contributed by atoms with Gasteiger partial charge >= 0.3 is 0 Å². The lowest BCUT2D eigenvalue weighted by Gasteiger charge is -2.31. The molecule has 0 aromatic heterocycles. The number of carbonyl (C=O) groups is 2. The van der Waals surface area contributed by atoms with Crippen molar-refractivity contribution in [3.63, 3.8) is 0 Å². The summed E-state index contributed by atoms with van der Waals surface area (Å²) in [5.74, 6) is 0.422. The Bertz CT molecular complexity index is 903. The van der Waals surface area contributed by atoms with E-state index >= 15 is 0 Å². The maximum Gasteiger partial charge on any atom is 0.242 e. The van der Waals surface area contributed by atoms with Crippen molar-refractivity contribution in [1.29, 1.82) is 0 Å². The number of hydrogen-bond acceptors (Lipinski definition) is 3. The van der Waals surface area contributed by atoms with Crippen LogP contribution < -0.4 is 5.32 Å². The number of nitrogens with one attached hydrogen (secondary N) is 1. The lowest BCUT2D eigenvalue weighted by Crippen LogP contribution is -2.50. The SMILES string of the molecule is CC(C(=O)NC1CCCCC1)N(Cc1cccc(Br)c1)C(=O)CSCc1ccc(F)cc1. The quantitative estimate of drug-likeness (QED) is 0.462. The number of rotatable bonds is 9. The van der Waals surface area contributed by atoms with Crippen LogP contribution in [0.25, 0.3) is 0 Å². The van der Waals surface area contributed by atoms with Crippen LogP contribution in [0.2, 0.25) is 0 Å². The summed E-state index contributed by atoms with van der Waals surface area (Å²) in [6.45, 7) is 2.17. The molecular weight excluding hydrogens is 491 g/mol. The van der Waals surface area contributed by atoms with Gasteiger partial charge in [-0.3, -0.25) is 9.59 Å². The number of carbonyl (C=O) groups excluding carboxylic acids is 2. The molecule has 172 valence electrons. The summed E-state index contributed by atoms with van der Waals surface area (Å²) in [4.78, 5) is 27.8. The molecule has 1 aliphatic carbocycles. The summed E-state index contributed by atoms with van der Waals surface area (Å²) in [7, 11) is 0. The molecule has 0 bridgehead atoms.